The van der Waals surface area contributed by atoms with Gasteiger partial charge in [0.05, 0.1) is 13.3 Å². The molecule has 0 spiro atoms. The van der Waals surface area contributed by atoms with Gasteiger partial charge in [0, 0.05) is 19.2 Å². The van der Waals surface area contributed by atoms with E-state index >= 15 is 0 Å². The Morgan fingerprint density at radius 3 is 2.60 bits per heavy atom. The Morgan fingerprint density at radius 2 is 2.00 bits per heavy atom. The number of benzene rings is 1. The van der Waals surface area contributed by atoms with Crippen LogP contribution in [0.5, 0.6) is 0 Å². The van der Waals surface area contributed by atoms with Crippen LogP contribution in [0.3, 0.4) is 0 Å². The summed E-state index contributed by atoms with van der Waals surface area (Å²) in [6.07, 6.45) is 1.44. The molecule has 0 aliphatic carbocycles. The van der Waals surface area contributed by atoms with Crippen LogP contribution >= 0.6 is 0 Å². The molecule has 1 aromatic carbocycles. The fourth-order valence-electron chi connectivity index (χ4n) is 1.80. The summed E-state index contributed by atoms with van der Waals surface area (Å²) >= 11 is 0. The Bertz CT molecular complexity index is 599. The molecule has 0 radical (unpaired) electrons. The maximum Gasteiger partial charge on any atom is 0.358 e. The molecule has 20 heavy (non-hydrogen) atoms. The number of anilines is 1. The van der Waals surface area contributed by atoms with Crippen LogP contribution in [0.1, 0.15) is 17.4 Å². The molecule has 0 N–H and O–H groups in total. The summed E-state index contributed by atoms with van der Waals surface area (Å²) in [5, 5.41) is 0. The van der Waals surface area contributed by atoms with Crippen LogP contribution < -0.4 is 4.90 Å². The van der Waals surface area contributed by atoms with Gasteiger partial charge in [-0.25, -0.2) is 14.8 Å². The zero-order valence-corrected chi connectivity index (χ0v) is 11.8. The molecule has 104 valence electrons. The Morgan fingerprint density at radius 1 is 1.30 bits per heavy atom. The van der Waals surface area contributed by atoms with Crippen molar-refractivity contribution in [3.63, 3.8) is 0 Å². The summed E-state index contributed by atoms with van der Waals surface area (Å²) in [5.74, 6) is 0.256. The van der Waals surface area contributed by atoms with Crippen molar-refractivity contribution < 1.29 is 9.53 Å². The maximum atomic E-state index is 11.6. The summed E-state index contributed by atoms with van der Waals surface area (Å²) in [6.45, 7) is 2.83. The lowest BCUT2D eigenvalue weighted by molar-refractivity contribution is 0.0593. The largest absolute Gasteiger partial charge is 0.464 e. The molecule has 0 aliphatic rings. The molecule has 0 saturated carbocycles. The first-order valence-corrected chi connectivity index (χ1v) is 6.39. The molecule has 0 atom stereocenters. The molecule has 1 heterocycles. The van der Waals surface area contributed by atoms with Crippen molar-refractivity contribution in [2.75, 3.05) is 25.6 Å². The predicted molar refractivity (Wildman–Crippen MR) is 77.8 cm³/mol. The minimum absolute atomic E-state index is 0.208. The third-order valence-corrected chi connectivity index (χ3v) is 3.03. The van der Waals surface area contributed by atoms with Crippen LogP contribution in [0.4, 0.5) is 5.82 Å². The number of ether oxygens (including phenoxy) is 1. The van der Waals surface area contributed by atoms with Crippen molar-refractivity contribution in [2.45, 2.75) is 6.92 Å². The summed E-state index contributed by atoms with van der Waals surface area (Å²) < 4.78 is 4.70. The number of carbonyl (C=O) groups excluding carboxylic acids is 1. The van der Waals surface area contributed by atoms with Crippen LogP contribution in [0.15, 0.2) is 36.5 Å². The van der Waals surface area contributed by atoms with Crippen LogP contribution in [-0.4, -0.2) is 36.6 Å². The second-order valence-corrected chi connectivity index (χ2v) is 4.30. The second-order valence-electron chi connectivity index (χ2n) is 4.30. The molecule has 0 amide bonds. The lowest BCUT2D eigenvalue weighted by Gasteiger charge is -2.19. The molecule has 0 aliphatic heterocycles. The van der Waals surface area contributed by atoms with Gasteiger partial charge in [-0.2, -0.15) is 0 Å². The maximum absolute atomic E-state index is 11.6. The summed E-state index contributed by atoms with van der Waals surface area (Å²) in [4.78, 5) is 22.4. The molecule has 1 aromatic heterocycles. The molecular formula is C15H17N3O2. The van der Waals surface area contributed by atoms with Gasteiger partial charge in [0.25, 0.3) is 0 Å². The highest BCUT2D eigenvalue weighted by molar-refractivity contribution is 5.88. The first-order chi connectivity index (χ1) is 9.67. The van der Waals surface area contributed by atoms with E-state index in [-0.39, 0.29) is 5.69 Å². The van der Waals surface area contributed by atoms with Gasteiger partial charge in [-0.1, -0.05) is 30.3 Å². The average Bonchev–Trinajstić information content (AvgIpc) is 2.53. The predicted octanol–water partition coefficient (Wildman–Crippen LogP) is 2.39. The minimum Gasteiger partial charge on any atom is -0.464 e. The third kappa shape index (κ3) is 2.77. The number of carbonyl (C=O) groups is 1. The normalized spacial score (nSPS) is 10.2. The highest BCUT2D eigenvalue weighted by Crippen LogP contribution is 2.26. The van der Waals surface area contributed by atoms with E-state index < -0.39 is 5.97 Å². The van der Waals surface area contributed by atoms with E-state index in [0.29, 0.717) is 5.69 Å². The van der Waals surface area contributed by atoms with Crippen molar-refractivity contribution >= 4 is 11.8 Å². The quantitative estimate of drug-likeness (QED) is 0.799. The monoisotopic (exact) mass is 271 g/mol. The van der Waals surface area contributed by atoms with Gasteiger partial charge < -0.3 is 9.64 Å². The third-order valence-electron chi connectivity index (χ3n) is 3.03. The van der Waals surface area contributed by atoms with E-state index in [4.69, 9.17) is 4.74 Å². The zero-order valence-electron chi connectivity index (χ0n) is 11.8. The van der Waals surface area contributed by atoms with E-state index in [9.17, 15) is 4.79 Å². The van der Waals surface area contributed by atoms with Crippen LogP contribution in [0.2, 0.25) is 0 Å². The molecular weight excluding hydrogens is 254 g/mol. The van der Waals surface area contributed by atoms with Gasteiger partial charge in [0.15, 0.2) is 11.5 Å². The van der Waals surface area contributed by atoms with Gasteiger partial charge >= 0.3 is 5.97 Å². The highest BCUT2D eigenvalue weighted by Gasteiger charge is 2.16. The van der Waals surface area contributed by atoms with E-state index in [1.807, 2.05) is 49.2 Å². The Labute approximate surface area is 118 Å². The number of rotatable bonds is 4. The van der Waals surface area contributed by atoms with Gasteiger partial charge in [-0.3, -0.25) is 0 Å². The average molecular weight is 271 g/mol. The first-order valence-electron chi connectivity index (χ1n) is 6.39. The van der Waals surface area contributed by atoms with E-state index in [1.54, 1.807) is 0 Å². The molecule has 0 fully saturated rings. The Kier molecular flexibility index (Phi) is 4.30. The van der Waals surface area contributed by atoms with Gasteiger partial charge in [0.2, 0.25) is 0 Å². The molecule has 2 aromatic rings. The molecule has 0 bridgehead atoms. The smallest absolute Gasteiger partial charge is 0.358 e. The van der Waals surface area contributed by atoms with Gasteiger partial charge in [0.1, 0.15) is 5.69 Å². The number of hydrogen-bond donors (Lipinski definition) is 0. The zero-order chi connectivity index (χ0) is 14.5. The van der Waals surface area contributed by atoms with E-state index in [1.165, 1.54) is 13.3 Å². The number of methoxy groups -OCH3 is 1. The van der Waals surface area contributed by atoms with Gasteiger partial charge in [-0.15, -0.1) is 0 Å². The lowest BCUT2D eigenvalue weighted by atomic mass is 10.1. The second kappa shape index (κ2) is 6.14. The molecule has 5 heteroatoms. The lowest BCUT2D eigenvalue weighted by Crippen LogP contribution is -2.20. The van der Waals surface area contributed by atoms with Crippen LogP contribution in [0.25, 0.3) is 11.3 Å². The summed E-state index contributed by atoms with van der Waals surface area (Å²) in [6, 6.07) is 9.68. The molecule has 2 rings (SSSR count). The fraction of sp³-hybridized carbons (Fsp3) is 0.267. The van der Waals surface area contributed by atoms with Crippen molar-refractivity contribution in [3.8, 4) is 11.3 Å². The number of nitrogens with zero attached hydrogens (tertiary/aromatic N) is 3. The van der Waals surface area contributed by atoms with Crippen molar-refractivity contribution in [1.82, 2.24) is 9.97 Å². The number of hydrogen-bond acceptors (Lipinski definition) is 5. The fourth-order valence-corrected chi connectivity index (χ4v) is 1.80. The molecule has 0 saturated heterocycles. The number of aromatic nitrogens is 2. The van der Waals surface area contributed by atoms with Crippen LogP contribution in [-0.2, 0) is 4.74 Å². The Balaban J connectivity index is 2.57. The topological polar surface area (TPSA) is 55.3 Å². The summed E-state index contributed by atoms with van der Waals surface area (Å²) in [7, 11) is 3.27. The van der Waals surface area contributed by atoms with E-state index in [0.717, 1.165) is 17.9 Å². The standard InChI is InChI=1S/C15H17N3O2/c1-4-18(2)14-13(11-8-6-5-7-9-11)17-12(10-16-14)15(19)20-3/h5-10H,4H2,1-3H3. The summed E-state index contributed by atoms with van der Waals surface area (Å²) in [5.41, 5.74) is 1.80. The minimum atomic E-state index is -0.486. The first kappa shape index (κ1) is 14.0. The number of esters is 1. The van der Waals surface area contributed by atoms with Crippen LogP contribution in [0, 0.1) is 0 Å². The molecule has 0 unspecified atom stereocenters. The van der Waals surface area contributed by atoms with Crippen molar-refractivity contribution in [3.05, 3.63) is 42.2 Å². The SMILES string of the molecule is CCN(C)c1ncc(C(=O)OC)nc1-c1ccccc1. The van der Waals surface area contributed by atoms with Gasteiger partial charge in [-0.05, 0) is 6.92 Å². The van der Waals surface area contributed by atoms with E-state index in [2.05, 4.69) is 9.97 Å². The molecule has 5 nitrogen and oxygen atoms in total. The highest BCUT2D eigenvalue weighted by atomic mass is 16.5. The Hall–Kier alpha value is -2.43. The van der Waals surface area contributed by atoms with Crippen molar-refractivity contribution in [2.24, 2.45) is 0 Å². The van der Waals surface area contributed by atoms with Crippen molar-refractivity contribution in [1.29, 1.82) is 0 Å².